The van der Waals surface area contributed by atoms with Gasteiger partial charge in [-0.1, -0.05) is 12.1 Å². The number of methoxy groups -OCH3 is 3. The molecule has 0 saturated carbocycles. The van der Waals surface area contributed by atoms with E-state index in [0.29, 0.717) is 24.6 Å². The van der Waals surface area contributed by atoms with Gasteiger partial charge in [-0.25, -0.2) is 4.79 Å². The van der Waals surface area contributed by atoms with Gasteiger partial charge in [0.1, 0.15) is 17.2 Å². The molecule has 0 saturated heterocycles. The second kappa shape index (κ2) is 9.42. The highest BCUT2D eigenvalue weighted by Gasteiger charge is 2.04. The fraction of sp³-hybridized carbons (Fsp3) is 0.316. The van der Waals surface area contributed by atoms with Gasteiger partial charge < -0.3 is 24.8 Å². The molecule has 0 aliphatic heterocycles. The van der Waals surface area contributed by atoms with Crippen molar-refractivity contribution in [1.82, 2.24) is 10.6 Å². The molecule has 2 N–H and O–H groups in total. The maximum absolute atomic E-state index is 11.9. The van der Waals surface area contributed by atoms with E-state index in [1.807, 2.05) is 36.4 Å². The molecule has 25 heavy (non-hydrogen) atoms. The number of rotatable bonds is 8. The third-order valence-electron chi connectivity index (χ3n) is 3.72. The Hall–Kier alpha value is -2.89. The summed E-state index contributed by atoms with van der Waals surface area (Å²) in [5.74, 6) is 2.20. The average Bonchev–Trinajstić information content (AvgIpc) is 2.66. The van der Waals surface area contributed by atoms with Gasteiger partial charge in [-0.2, -0.15) is 0 Å². The zero-order chi connectivity index (χ0) is 18.1. The molecule has 0 fully saturated rings. The molecule has 6 heteroatoms. The minimum absolute atomic E-state index is 0.213. The van der Waals surface area contributed by atoms with Gasteiger partial charge in [-0.15, -0.1) is 0 Å². The SMILES string of the molecule is COc1ccc(CCNC(=O)NCc2cc(OC)cc(OC)c2)cc1. The van der Waals surface area contributed by atoms with Crippen LogP contribution in [0, 0.1) is 0 Å². The number of hydrogen-bond acceptors (Lipinski definition) is 4. The predicted octanol–water partition coefficient (Wildman–Crippen LogP) is 2.75. The largest absolute Gasteiger partial charge is 0.497 e. The van der Waals surface area contributed by atoms with Gasteiger partial charge in [-0.05, 0) is 41.8 Å². The van der Waals surface area contributed by atoms with Crippen LogP contribution in [-0.2, 0) is 13.0 Å². The third-order valence-corrected chi connectivity index (χ3v) is 3.72. The lowest BCUT2D eigenvalue weighted by Gasteiger charge is -2.10. The summed E-state index contributed by atoms with van der Waals surface area (Å²) in [6.45, 7) is 0.946. The smallest absolute Gasteiger partial charge is 0.315 e. The molecular formula is C19H24N2O4. The number of carbonyl (C=O) groups excluding carboxylic acids is 1. The molecule has 2 rings (SSSR count). The van der Waals surface area contributed by atoms with Crippen molar-refractivity contribution in [1.29, 1.82) is 0 Å². The number of hydrogen-bond donors (Lipinski definition) is 2. The average molecular weight is 344 g/mol. The van der Waals surface area contributed by atoms with Crippen molar-refractivity contribution in [3.63, 3.8) is 0 Å². The summed E-state index contributed by atoms with van der Waals surface area (Å²) in [6.07, 6.45) is 0.754. The molecule has 2 aromatic carbocycles. The molecule has 0 atom stereocenters. The van der Waals surface area contributed by atoms with E-state index in [9.17, 15) is 4.79 Å². The maximum atomic E-state index is 11.9. The number of urea groups is 1. The first-order chi connectivity index (χ1) is 12.1. The van der Waals surface area contributed by atoms with E-state index in [-0.39, 0.29) is 6.03 Å². The lowest BCUT2D eigenvalue weighted by atomic mass is 10.1. The molecule has 0 radical (unpaired) electrons. The second-order valence-corrected chi connectivity index (χ2v) is 5.43. The molecule has 0 aromatic heterocycles. The van der Waals surface area contributed by atoms with Crippen LogP contribution in [0.5, 0.6) is 17.2 Å². The molecule has 0 bridgehead atoms. The highest BCUT2D eigenvalue weighted by atomic mass is 16.5. The number of benzene rings is 2. The highest BCUT2D eigenvalue weighted by molar-refractivity contribution is 5.73. The Labute approximate surface area is 148 Å². The van der Waals surface area contributed by atoms with E-state index in [1.165, 1.54) is 0 Å². The van der Waals surface area contributed by atoms with E-state index in [2.05, 4.69) is 10.6 Å². The van der Waals surface area contributed by atoms with E-state index in [0.717, 1.165) is 23.3 Å². The number of ether oxygens (including phenoxy) is 3. The Morgan fingerprint density at radius 1 is 0.800 bits per heavy atom. The second-order valence-electron chi connectivity index (χ2n) is 5.43. The van der Waals surface area contributed by atoms with Gasteiger partial charge in [0.2, 0.25) is 0 Å². The lowest BCUT2D eigenvalue weighted by molar-refractivity contribution is 0.240. The minimum atomic E-state index is -0.213. The topological polar surface area (TPSA) is 68.8 Å². The normalized spacial score (nSPS) is 10.0. The molecule has 0 spiro atoms. The molecule has 0 unspecified atom stereocenters. The first kappa shape index (κ1) is 18.4. The van der Waals surface area contributed by atoms with Crippen molar-refractivity contribution in [3.8, 4) is 17.2 Å². The summed E-state index contributed by atoms with van der Waals surface area (Å²) >= 11 is 0. The van der Waals surface area contributed by atoms with Crippen LogP contribution in [0.25, 0.3) is 0 Å². The molecule has 2 aromatic rings. The van der Waals surface area contributed by atoms with Gasteiger partial charge in [0.25, 0.3) is 0 Å². The lowest BCUT2D eigenvalue weighted by Crippen LogP contribution is -2.36. The monoisotopic (exact) mass is 344 g/mol. The van der Waals surface area contributed by atoms with Crippen LogP contribution in [0.3, 0.4) is 0 Å². The Balaban J connectivity index is 1.76. The zero-order valence-corrected chi connectivity index (χ0v) is 14.8. The van der Waals surface area contributed by atoms with Crippen molar-refractivity contribution in [3.05, 3.63) is 53.6 Å². The summed E-state index contributed by atoms with van der Waals surface area (Å²) < 4.78 is 15.6. The molecule has 0 heterocycles. The Bertz CT molecular complexity index is 664. The van der Waals surface area contributed by atoms with Gasteiger partial charge in [0.05, 0.1) is 21.3 Å². The highest BCUT2D eigenvalue weighted by Crippen LogP contribution is 2.22. The summed E-state index contributed by atoms with van der Waals surface area (Å²) in [4.78, 5) is 11.9. The van der Waals surface area contributed by atoms with Crippen molar-refractivity contribution >= 4 is 6.03 Å². The third kappa shape index (κ3) is 5.91. The first-order valence-electron chi connectivity index (χ1n) is 8.01. The summed E-state index contributed by atoms with van der Waals surface area (Å²) in [7, 11) is 4.83. The molecule has 2 amide bonds. The van der Waals surface area contributed by atoms with E-state index in [4.69, 9.17) is 14.2 Å². The Morgan fingerprint density at radius 3 is 1.96 bits per heavy atom. The molecule has 134 valence electrons. The number of carbonyl (C=O) groups is 1. The van der Waals surface area contributed by atoms with Gasteiger partial charge in [0.15, 0.2) is 0 Å². The fourth-order valence-electron chi connectivity index (χ4n) is 2.33. The van der Waals surface area contributed by atoms with Crippen LogP contribution in [0.15, 0.2) is 42.5 Å². The maximum Gasteiger partial charge on any atom is 0.315 e. The van der Waals surface area contributed by atoms with Crippen LogP contribution in [-0.4, -0.2) is 33.9 Å². The van der Waals surface area contributed by atoms with Crippen molar-refractivity contribution in [2.75, 3.05) is 27.9 Å². The van der Waals surface area contributed by atoms with Crippen LogP contribution in [0.4, 0.5) is 4.79 Å². The standard InChI is InChI=1S/C19H24N2O4/c1-23-16-6-4-14(5-7-16)8-9-20-19(22)21-13-15-10-17(24-2)12-18(11-15)25-3/h4-7,10-12H,8-9,13H2,1-3H3,(H2,20,21,22). The quantitative estimate of drug-likeness (QED) is 0.773. The Kier molecular flexibility index (Phi) is 6.95. The van der Waals surface area contributed by atoms with Gasteiger partial charge in [0, 0.05) is 19.2 Å². The van der Waals surface area contributed by atoms with E-state index < -0.39 is 0 Å². The van der Waals surface area contributed by atoms with Gasteiger partial charge >= 0.3 is 6.03 Å². The number of nitrogens with one attached hydrogen (secondary N) is 2. The molecular weight excluding hydrogens is 320 g/mol. The molecule has 6 nitrogen and oxygen atoms in total. The van der Waals surface area contributed by atoms with Crippen molar-refractivity contribution in [2.45, 2.75) is 13.0 Å². The van der Waals surface area contributed by atoms with Crippen LogP contribution < -0.4 is 24.8 Å². The minimum Gasteiger partial charge on any atom is -0.497 e. The first-order valence-corrected chi connectivity index (χ1v) is 8.01. The van der Waals surface area contributed by atoms with Crippen LogP contribution in [0.2, 0.25) is 0 Å². The zero-order valence-electron chi connectivity index (χ0n) is 14.8. The predicted molar refractivity (Wildman–Crippen MR) is 96.5 cm³/mol. The van der Waals surface area contributed by atoms with Crippen LogP contribution >= 0.6 is 0 Å². The van der Waals surface area contributed by atoms with Crippen molar-refractivity contribution < 1.29 is 19.0 Å². The summed E-state index contributed by atoms with van der Waals surface area (Å²) in [5, 5.41) is 5.67. The molecule has 0 aliphatic rings. The van der Waals surface area contributed by atoms with E-state index in [1.54, 1.807) is 27.4 Å². The fourth-order valence-corrected chi connectivity index (χ4v) is 2.33. The summed E-state index contributed by atoms with van der Waals surface area (Å²) in [5.41, 5.74) is 2.04. The summed E-state index contributed by atoms with van der Waals surface area (Å²) in [6, 6.07) is 13.1. The van der Waals surface area contributed by atoms with E-state index >= 15 is 0 Å². The van der Waals surface area contributed by atoms with Gasteiger partial charge in [-0.3, -0.25) is 0 Å². The van der Waals surface area contributed by atoms with Crippen molar-refractivity contribution in [2.24, 2.45) is 0 Å². The Morgan fingerprint density at radius 2 is 1.40 bits per heavy atom. The van der Waals surface area contributed by atoms with Crippen LogP contribution in [0.1, 0.15) is 11.1 Å². The molecule has 0 aliphatic carbocycles. The number of amides is 2.